The van der Waals surface area contributed by atoms with E-state index in [1.807, 2.05) is 112 Å². The molecule has 8 heterocycles. The number of alkyl halides is 3. The van der Waals surface area contributed by atoms with Gasteiger partial charge < -0.3 is 44.3 Å². The van der Waals surface area contributed by atoms with E-state index in [4.69, 9.17) is 18.9 Å². The molecule has 0 unspecified atom stereocenters. The van der Waals surface area contributed by atoms with E-state index >= 15 is 0 Å². The number of hydrogen-bond donors (Lipinski definition) is 4. The van der Waals surface area contributed by atoms with Crippen LogP contribution in [-0.4, -0.2) is 244 Å². The summed E-state index contributed by atoms with van der Waals surface area (Å²) in [5, 5.41) is 39.6. The molecule has 7 atom stereocenters. The van der Waals surface area contributed by atoms with Crippen LogP contribution in [0, 0.1) is 23.7 Å². The Morgan fingerprint density at radius 2 is 0.659 bits per heavy atom. The topological polar surface area (TPSA) is 263 Å². The van der Waals surface area contributed by atoms with Crippen LogP contribution in [-0.2, 0) is 66.1 Å². The minimum Gasteiger partial charge on any atom is -0.508 e. The molecule has 0 aromatic heterocycles. The lowest BCUT2D eigenvalue weighted by Crippen LogP contribution is -2.56. The first-order valence-corrected chi connectivity index (χ1v) is 49.9. The molecule has 4 saturated heterocycles. The Bertz CT molecular complexity index is 4990. The molecule has 0 aliphatic carbocycles. The van der Waals surface area contributed by atoms with Gasteiger partial charge in [0.05, 0.1) is 42.4 Å². The molecule has 8 aromatic carbocycles. The molecule has 8 aliphatic rings. The van der Waals surface area contributed by atoms with Crippen LogP contribution in [0.15, 0.2) is 170 Å². The van der Waals surface area contributed by atoms with Gasteiger partial charge in [-0.3, -0.25) is 24.4 Å². The number of rotatable bonds is 27. The van der Waals surface area contributed by atoms with E-state index in [9.17, 15) is 63.6 Å². The van der Waals surface area contributed by atoms with Gasteiger partial charge in [-0.15, -0.1) is 0 Å². The molecule has 23 nitrogen and oxygen atoms in total. The second-order valence-corrected chi connectivity index (χ2v) is 41.3. The zero-order valence-electron chi connectivity index (χ0n) is 74.3. The van der Waals surface area contributed by atoms with Gasteiger partial charge in [0, 0.05) is 103 Å². The smallest absolute Gasteiger partial charge is 0.471 e. The van der Waals surface area contributed by atoms with Gasteiger partial charge in [0.1, 0.15) is 72.4 Å². The van der Waals surface area contributed by atoms with E-state index in [2.05, 4.69) is 47.3 Å². The van der Waals surface area contributed by atoms with Crippen LogP contribution in [0.1, 0.15) is 166 Å². The summed E-state index contributed by atoms with van der Waals surface area (Å²) < 4.78 is 145. The highest BCUT2D eigenvalue weighted by molar-refractivity contribution is 7.88. The normalized spacial score (nSPS) is 22.3. The third-order valence-corrected chi connectivity index (χ3v) is 30.4. The Morgan fingerprint density at radius 1 is 0.397 bits per heavy atom. The summed E-state index contributed by atoms with van der Waals surface area (Å²) in [6.07, 6.45) is 5.67. The molecule has 0 spiro atoms. The van der Waals surface area contributed by atoms with Crippen molar-refractivity contribution < 1.29 is 82.6 Å². The average molecular weight is 1800 g/mol. The molecular weight excluding hydrogens is 1670 g/mol. The molecule has 16 rings (SSSR count). The molecule has 0 radical (unpaired) electrons. The van der Waals surface area contributed by atoms with Crippen LogP contribution in [0.25, 0.3) is 0 Å². The van der Waals surface area contributed by atoms with E-state index in [1.165, 1.54) is 50.5 Å². The molecule has 29 heteroatoms. The largest absolute Gasteiger partial charge is 0.508 e. The quantitative estimate of drug-likeness (QED) is 0.0373. The number of amides is 1. The Kier molecular flexibility index (Phi) is 30.3. The van der Waals surface area contributed by atoms with E-state index in [-0.39, 0.29) is 54.1 Å². The first-order valence-electron chi connectivity index (χ1n) is 44.3. The minimum absolute atomic E-state index is 0.0444. The number of aromatic hydroxyl groups is 4. The standard InChI is InChI=1S/C25H29F3N2O3.3C24H32N2O4S/c1-3-17-15-29(16-17)12-13-33-21-7-4-19(5-8-21)24(2)22-9-6-20(31)14-18(22)10-11-30(24)23(32)25(26,27)28;3*1-4-18-15-25(16-18)11-12-30-22-8-5-19(6-9-22)24-23-10-7-21(27)14-20(23)13-17(2)26(24)31(3,28)29/h4-9,14,17,31H,3,10-13,15-16H2,1-2H3;3*5-10,14,17-18,24,27H,4,11-13,15-16H2,1-3H3/t24-;2*17-,24+;17-,24-/m1101/s1. The number of halogens is 3. The van der Waals surface area contributed by atoms with Crippen molar-refractivity contribution in [2.45, 2.75) is 155 Å². The maximum Gasteiger partial charge on any atom is 0.471 e. The SMILES string of the molecule is CCC1CN(CCOc2ccc([C@@H]3c4ccc(O)cc4C[C@@H](C)N3S(C)(=O)=O)cc2)C1.CCC1CN(CCOc2ccc([C@@H]3c4ccc(O)cc4C[C@H](C)N3S(C)(=O)=O)cc2)C1.CCC1CN(CCOc2ccc([C@H]3c4ccc(O)cc4C[C@@H](C)N3S(C)(=O)=O)cc2)C1.CCC1CN(CCOc2ccc([C@]3(C)c4ccc(O)cc4CCN3C(=O)C(F)(F)F)cc2)C1. The molecule has 682 valence electrons. The molecule has 8 aromatic rings. The van der Waals surface area contributed by atoms with Crippen molar-refractivity contribution in [1.82, 2.24) is 37.4 Å². The van der Waals surface area contributed by atoms with Gasteiger partial charge in [-0.2, -0.15) is 26.1 Å². The van der Waals surface area contributed by atoms with E-state index < -0.39 is 65.8 Å². The monoisotopic (exact) mass is 1790 g/mol. The number of fused-ring (bicyclic) bond motifs is 4. The predicted octanol–water partition coefficient (Wildman–Crippen LogP) is 14.5. The zero-order valence-corrected chi connectivity index (χ0v) is 76.8. The highest BCUT2D eigenvalue weighted by Crippen LogP contribution is 2.48. The number of phenolic OH excluding ortho intramolecular Hbond substituents is 4. The number of likely N-dealkylation sites (tertiary alicyclic amines) is 4. The highest BCUT2D eigenvalue weighted by atomic mass is 32.2. The highest BCUT2D eigenvalue weighted by Gasteiger charge is 2.52. The van der Waals surface area contributed by atoms with Crippen LogP contribution in [0.4, 0.5) is 13.2 Å². The number of hydrogen-bond acceptors (Lipinski definition) is 19. The summed E-state index contributed by atoms with van der Waals surface area (Å²) in [6.45, 7) is 31.4. The Labute approximate surface area is 742 Å². The molecule has 8 aliphatic heterocycles. The zero-order chi connectivity index (χ0) is 90.3. The van der Waals surface area contributed by atoms with E-state index in [0.29, 0.717) is 62.6 Å². The molecule has 0 saturated carbocycles. The first kappa shape index (κ1) is 94.6. The number of nitrogens with zero attached hydrogens (tertiary/aromatic N) is 8. The van der Waals surface area contributed by atoms with Gasteiger partial charge in [-0.25, -0.2) is 25.3 Å². The maximum atomic E-state index is 13.4. The summed E-state index contributed by atoms with van der Waals surface area (Å²) in [4.78, 5) is 22.8. The van der Waals surface area contributed by atoms with Crippen LogP contribution >= 0.6 is 0 Å². The maximum absolute atomic E-state index is 13.4. The summed E-state index contributed by atoms with van der Waals surface area (Å²) in [6, 6.07) is 48.4. The molecule has 4 fully saturated rings. The minimum atomic E-state index is -4.98. The van der Waals surface area contributed by atoms with Crippen molar-refractivity contribution in [2.24, 2.45) is 23.7 Å². The molecule has 4 N–H and O–H groups in total. The fourth-order valence-corrected chi connectivity index (χ4v) is 23.5. The second kappa shape index (κ2) is 40.3. The number of ether oxygens (including phenoxy) is 4. The van der Waals surface area contributed by atoms with Crippen molar-refractivity contribution in [3.63, 3.8) is 0 Å². The fourth-order valence-electron chi connectivity index (χ4n) is 19.4. The molecule has 126 heavy (non-hydrogen) atoms. The van der Waals surface area contributed by atoms with Crippen molar-refractivity contribution >= 4 is 36.0 Å². The number of sulfonamides is 3. The number of benzene rings is 8. The Hall–Kier alpha value is -9.01. The fraction of sp³-hybridized carbons (Fsp3) is 0.495. The van der Waals surface area contributed by atoms with E-state index in [0.717, 1.165) is 180 Å². The van der Waals surface area contributed by atoms with Crippen LogP contribution in [0.2, 0.25) is 0 Å². The summed E-state index contributed by atoms with van der Waals surface area (Å²) in [7, 11) is -10.3. The lowest BCUT2D eigenvalue weighted by atomic mass is 9.77. The summed E-state index contributed by atoms with van der Waals surface area (Å²) in [5.74, 6) is 5.05. The lowest BCUT2D eigenvalue weighted by Gasteiger charge is -2.46. The third kappa shape index (κ3) is 22.4. The number of carbonyl (C=O) groups is 1. The van der Waals surface area contributed by atoms with Crippen LogP contribution < -0.4 is 18.9 Å². The van der Waals surface area contributed by atoms with Gasteiger partial charge in [0.25, 0.3) is 0 Å². The Morgan fingerprint density at radius 3 is 0.921 bits per heavy atom. The summed E-state index contributed by atoms with van der Waals surface area (Å²) >= 11 is 0. The lowest BCUT2D eigenvalue weighted by molar-refractivity contribution is -0.191. The van der Waals surface area contributed by atoms with Crippen molar-refractivity contribution in [1.29, 1.82) is 0 Å². The molecular formula is C97H125F3N8O15S3. The van der Waals surface area contributed by atoms with Crippen molar-refractivity contribution in [3.8, 4) is 46.0 Å². The van der Waals surface area contributed by atoms with Gasteiger partial charge in [-0.1, -0.05) is 126 Å². The van der Waals surface area contributed by atoms with Gasteiger partial charge in [-0.05, 0) is 241 Å². The summed E-state index contributed by atoms with van der Waals surface area (Å²) in [5.41, 5.74) is 8.89. The number of phenols is 4. The van der Waals surface area contributed by atoms with Crippen LogP contribution in [0.5, 0.6) is 46.0 Å². The Balaban J connectivity index is 0.000000144. The predicted molar refractivity (Wildman–Crippen MR) is 484 cm³/mol. The molecule has 0 bridgehead atoms. The van der Waals surface area contributed by atoms with Gasteiger partial charge >= 0.3 is 12.1 Å². The van der Waals surface area contributed by atoms with Crippen LogP contribution in [0.3, 0.4) is 0 Å². The second-order valence-electron chi connectivity index (χ2n) is 35.7. The molecule has 1 amide bonds. The number of carbonyl (C=O) groups excluding carboxylic acids is 1. The average Bonchev–Trinajstić information content (AvgIpc) is 0.724. The van der Waals surface area contributed by atoms with Crippen molar-refractivity contribution in [2.75, 3.05) is 130 Å². The van der Waals surface area contributed by atoms with Gasteiger partial charge in [0.15, 0.2) is 0 Å². The first-order chi connectivity index (χ1) is 59.9. The van der Waals surface area contributed by atoms with E-state index in [1.54, 1.807) is 92.6 Å². The third-order valence-electron chi connectivity index (χ3n) is 26.4. The van der Waals surface area contributed by atoms with Crippen molar-refractivity contribution in [3.05, 3.63) is 237 Å². The van der Waals surface area contributed by atoms with Gasteiger partial charge in [0.2, 0.25) is 30.1 Å².